The third-order valence-corrected chi connectivity index (χ3v) is 6.00. The van der Waals surface area contributed by atoms with Gasteiger partial charge in [-0.1, -0.05) is 84.4 Å². The number of hydrogen-bond donors (Lipinski definition) is 2. The number of aliphatic hydroxyl groups is 1. The summed E-state index contributed by atoms with van der Waals surface area (Å²) in [5.41, 5.74) is 2.60. The maximum Gasteiger partial charge on any atom is 0.281 e. The number of amides is 1. The summed E-state index contributed by atoms with van der Waals surface area (Å²) in [5.74, 6) is -0.327. The van der Waals surface area contributed by atoms with Crippen molar-refractivity contribution in [1.82, 2.24) is 5.43 Å². The number of benzene rings is 4. The van der Waals surface area contributed by atoms with Gasteiger partial charge in [0, 0.05) is 0 Å². The van der Waals surface area contributed by atoms with Crippen molar-refractivity contribution in [3.63, 3.8) is 0 Å². The van der Waals surface area contributed by atoms with Gasteiger partial charge in [0.2, 0.25) is 0 Å². The fourth-order valence-electron chi connectivity index (χ4n) is 3.84. The second kappa shape index (κ2) is 12.4. The number of halogens is 2. The van der Waals surface area contributed by atoms with Crippen molar-refractivity contribution in [1.29, 1.82) is 0 Å². The molecule has 4 aromatic carbocycles. The van der Waals surface area contributed by atoms with Crippen LogP contribution >= 0.6 is 11.6 Å². The lowest BCUT2D eigenvalue weighted by molar-refractivity contribution is -0.136. The van der Waals surface area contributed by atoms with E-state index in [1.807, 2.05) is 6.92 Å². The molecule has 4 rings (SSSR count). The van der Waals surface area contributed by atoms with Gasteiger partial charge in [-0.05, 0) is 53.4 Å². The predicted molar refractivity (Wildman–Crippen MR) is 145 cm³/mol. The molecule has 0 aromatic heterocycles. The Morgan fingerprint density at radius 3 is 2.16 bits per heavy atom. The second-order valence-corrected chi connectivity index (χ2v) is 8.73. The summed E-state index contributed by atoms with van der Waals surface area (Å²) < 4.78 is 24.7. The molecule has 0 heterocycles. The first kappa shape index (κ1) is 26.9. The smallest absolute Gasteiger partial charge is 0.281 e. The van der Waals surface area contributed by atoms with Crippen LogP contribution < -0.4 is 14.9 Å². The molecule has 0 aliphatic heterocycles. The molecule has 194 valence electrons. The molecule has 0 aliphatic carbocycles. The average Bonchev–Trinajstić information content (AvgIpc) is 2.94. The highest BCUT2D eigenvalue weighted by atomic mass is 35.5. The highest BCUT2D eigenvalue weighted by molar-refractivity contribution is 6.32. The van der Waals surface area contributed by atoms with E-state index in [9.17, 15) is 14.3 Å². The Bertz CT molecular complexity index is 1360. The highest BCUT2D eigenvalue weighted by Crippen LogP contribution is 2.37. The number of hydrazone groups is 1. The van der Waals surface area contributed by atoms with Crippen molar-refractivity contribution >= 4 is 23.7 Å². The summed E-state index contributed by atoms with van der Waals surface area (Å²) in [6.45, 7) is 2.36. The monoisotopic (exact) mass is 532 g/mol. The summed E-state index contributed by atoms with van der Waals surface area (Å²) in [4.78, 5) is 13.2. The van der Waals surface area contributed by atoms with Gasteiger partial charge in [0.05, 0.1) is 17.8 Å². The molecule has 0 saturated heterocycles. The lowest BCUT2D eigenvalue weighted by Crippen LogP contribution is -2.43. The van der Waals surface area contributed by atoms with Crippen molar-refractivity contribution in [2.24, 2.45) is 5.10 Å². The van der Waals surface area contributed by atoms with Crippen LogP contribution in [-0.4, -0.2) is 23.8 Å². The van der Waals surface area contributed by atoms with Crippen molar-refractivity contribution in [2.45, 2.75) is 19.1 Å². The summed E-state index contributed by atoms with van der Waals surface area (Å²) in [7, 11) is 0. The topological polar surface area (TPSA) is 80.2 Å². The minimum absolute atomic E-state index is 0.168. The van der Waals surface area contributed by atoms with Gasteiger partial charge >= 0.3 is 0 Å². The molecular formula is C30H26ClFN2O4. The van der Waals surface area contributed by atoms with Crippen LogP contribution in [-0.2, 0) is 17.0 Å². The Balaban J connectivity index is 1.53. The van der Waals surface area contributed by atoms with Crippen LogP contribution in [0.4, 0.5) is 4.39 Å². The zero-order valence-corrected chi connectivity index (χ0v) is 21.4. The Morgan fingerprint density at radius 2 is 1.58 bits per heavy atom. The quantitative estimate of drug-likeness (QED) is 0.198. The van der Waals surface area contributed by atoms with Crippen LogP contribution in [0.25, 0.3) is 0 Å². The fraction of sp³-hybridized carbons (Fsp3) is 0.133. The first-order chi connectivity index (χ1) is 18.4. The van der Waals surface area contributed by atoms with E-state index >= 15 is 0 Å². The van der Waals surface area contributed by atoms with E-state index in [0.717, 1.165) is 5.56 Å². The molecule has 1 amide bonds. The Morgan fingerprint density at radius 1 is 0.974 bits per heavy atom. The third-order valence-electron chi connectivity index (χ3n) is 5.72. The molecule has 38 heavy (non-hydrogen) atoms. The number of rotatable bonds is 10. The fourth-order valence-corrected chi connectivity index (χ4v) is 4.11. The second-order valence-electron chi connectivity index (χ2n) is 8.32. The third kappa shape index (κ3) is 6.19. The largest absolute Gasteiger partial charge is 0.490 e. The van der Waals surface area contributed by atoms with Crippen molar-refractivity contribution < 1.29 is 23.8 Å². The van der Waals surface area contributed by atoms with Gasteiger partial charge in [0.25, 0.3) is 5.91 Å². The maximum atomic E-state index is 13.2. The predicted octanol–water partition coefficient (Wildman–Crippen LogP) is 5.84. The zero-order chi connectivity index (χ0) is 27.0. The molecule has 0 radical (unpaired) electrons. The molecule has 4 aromatic rings. The van der Waals surface area contributed by atoms with Gasteiger partial charge in [-0.2, -0.15) is 5.10 Å². The van der Waals surface area contributed by atoms with E-state index in [1.54, 1.807) is 84.9 Å². The van der Waals surface area contributed by atoms with E-state index in [-0.39, 0.29) is 17.4 Å². The average molecular weight is 533 g/mol. The summed E-state index contributed by atoms with van der Waals surface area (Å²) >= 11 is 6.48. The van der Waals surface area contributed by atoms with Crippen molar-refractivity contribution in [3.8, 4) is 11.5 Å². The lowest BCUT2D eigenvalue weighted by atomic mass is 9.85. The number of ether oxygens (including phenoxy) is 2. The van der Waals surface area contributed by atoms with Crippen LogP contribution in [0.2, 0.25) is 5.02 Å². The minimum Gasteiger partial charge on any atom is -0.490 e. The number of nitrogens with one attached hydrogen (secondary N) is 1. The lowest BCUT2D eigenvalue weighted by Gasteiger charge is -2.27. The van der Waals surface area contributed by atoms with Crippen LogP contribution in [0, 0.1) is 5.82 Å². The maximum absolute atomic E-state index is 13.2. The first-order valence-corrected chi connectivity index (χ1v) is 12.3. The van der Waals surface area contributed by atoms with E-state index in [0.29, 0.717) is 34.8 Å². The van der Waals surface area contributed by atoms with E-state index in [1.165, 1.54) is 18.3 Å². The molecule has 0 fully saturated rings. The molecule has 2 N–H and O–H groups in total. The molecule has 0 aliphatic rings. The molecular weight excluding hydrogens is 507 g/mol. The highest BCUT2D eigenvalue weighted by Gasteiger charge is 2.39. The summed E-state index contributed by atoms with van der Waals surface area (Å²) in [6.07, 6.45) is 1.40. The van der Waals surface area contributed by atoms with Crippen LogP contribution in [0.1, 0.15) is 29.2 Å². The number of nitrogens with zero attached hydrogens (tertiary/aromatic N) is 1. The van der Waals surface area contributed by atoms with E-state index in [4.69, 9.17) is 21.1 Å². The molecule has 0 bridgehead atoms. The van der Waals surface area contributed by atoms with Gasteiger partial charge in [0.15, 0.2) is 17.1 Å². The van der Waals surface area contributed by atoms with Crippen molar-refractivity contribution in [2.75, 3.05) is 6.61 Å². The van der Waals surface area contributed by atoms with Gasteiger partial charge in [-0.15, -0.1) is 0 Å². The Labute approximate surface area is 225 Å². The SMILES string of the molecule is CCOc1cc(/C=N\NC(=O)C(O)(c2ccccc2)c2ccccc2)cc(Cl)c1OCc1ccc(F)cc1. The van der Waals surface area contributed by atoms with E-state index in [2.05, 4.69) is 10.5 Å². The van der Waals surface area contributed by atoms with Gasteiger partial charge in [-0.25, -0.2) is 9.82 Å². The van der Waals surface area contributed by atoms with Crippen LogP contribution in [0.5, 0.6) is 11.5 Å². The van der Waals surface area contributed by atoms with Crippen LogP contribution in [0.15, 0.2) is 102 Å². The van der Waals surface area contributed by atoms with Gasteiger partial charge in [0.1, 0.15) is 12.4 Å². The molecule has 0 unspecified atom stereocenters. The molecule has 6 nitrogen and oxygen atoms in total. The molecule has 0 spiro atoms. The number of hydrogen-bond acceptors (Lipinski definition) is 5. The zero-order valence-electron chi connectivity index (χ0n) is 20.6. The first-order valence-electron chi connectivity index (χ1n) is 11.9. The minimum atomic E-state index is -1.95. The van der Waals surface area contributed by atoms with E-state index < -0.39 is 11.5 Å². The van der Waals surface area contributed by atoms with Gasteiger partial charge in [-0.3, -0.25) is 4.79 Å². The molecule has 0 atom stereocenters. The Hall–Kier alpha value is -4.20. The molecule has 8 heteroatoms. The number of carbonyl (C=O) groups is 1. The Kier molecular flexibility index (Phi) is 8.73. The standard InChI is InChI=1S/C30H26ClFN2O4/c1-2-37-27-18-22(17-26(31)28(27)38-20-21-13-15-25(32)16-14-21)19-33-34-29(35)30(36,23-9-5-3-6-10-23)24-11-7-4-8-12-24/h3-19,36H,2,20H2,1H3,(H,34,35)/b33-19-. The van der Waals surface area contributed by atoms with Crippen molar-refractivity contribution in [3.05, 3.63) is 130 Å². The summed E-state index contributed by atoms with van der Waals surface area (Å²) in [6, 6.07) is 26.5. The van der Waals surface area contributed by atoms with Crippen LogP contribution in [0.3, 0.4) is 0 Å². The number of carbonyl (C=O) groups excluding carboxylic acids is 1. The summed E-state index contributed by atoms with van der Waals surface area (Å²) in [5, 5.41) is 15.8. The van der Waals surface area contributed by atoms with Gasteiger partial charge < -0.3 is 14.6 Å². The normalized spacial score (nSPS) is 11.4. The molecule has 0 saturated carbocycles.